The summed E-state index contributed by atoms with van der Waals surface area (Å²) in [6, 6.07) is 4.99. The van der Waals surface area contributed by atoms with Gasteiger partial charge in [-0.3, -0.25) is 10.1 Å². The number of anilines is 2. The van der Waals surface area contributed by atoms with Crippen molar-refractivity contribution in [2.45, 2.75) is 18.6 Å². The molecule has 5 nitrogen and oxygen atoms in total. The Hall–Kier alpha value is -1.43. The third kappa shape index (κ3) is 2.69. The lowest BCUT2D eigenvalue weighted by atomic mass is 10.2. The van der Waals surface area contributed by atoms with Gasteiger partial charge in [0.15, 0.2) is 0 Å². The van der Waals surface area contributed by atoms with E-state index >= 15 is 0 Å². The van der Waals surface area contributed by atoms with Crippen molar-refractivity contribution in [3.63, 3.8) is 0 Å². The summed E-state index contributed by atoms with van der Waals surface area (Å²) >= 11 is 1.99. The van der Waals surface area contributed by atoms with Crippen molar-refractivity contribution in [2.75, 3.05) is 29.5 Å². The van der Waals surface area contributed by atoms with Crippen molar-refractivity contribution in [1.82, 2.24) is 0 Å². The zero-order valence-corrected chi connectivity index (χ0v) is 11.2. The third-order valence-corrected chi connectivity index (χ3v) is 4.54. The van der Waals surface area contributed by atoms with Crippen LogP contribution in [0.3, 0.4) is 0 Å². The minimum atomic E-state index is -0.444. The van der Waals surface area contributed by atoms with Crippen LogP contribution in [0.25, 0.3) is 0 Å². The predicted molar refractivity (Wildman–Crippen MR) is 76.3 cm³/mol. The maximum absolute atomic E-state index is 10.7. The number of nitro benzene ring substituents is 1. The predicted octanol–water partition coefficient (Wildman–Crippen LogP) is 2.51. The zero-order valence-electron chi connectivity index (χ0n) is 10.3. The van der Waals surface area contributed by atoms with Crippen molar-refractivity contribution in [3.8, 4) is 0 Å². The minimum absolute atomic E-state index is 0.0165. The first-order chi connectivity index (χ1) is 8.61. The van der Waals surface area contributed by atoms with Crippen molar-refractivity contribution >= 4 is 28.8 Å². The van der Waals surface area contributed by atoms with E-state index in [1.54, 1.807) is 12.1 Å². The summed E-state index contributed by atoms with van der Waals surface area (Å²) in [4.78, 5) is 12.5. The van der Waals surface area contributed by atoms with E-state index in [1.165, 1.54) is 6.07 Å². The summed E-state index contributed by atoms with van der Waals surface area (Å²) in [6.07, 6.45) is 1.14. The van der Waals surface area contributed by atoms with Crippen LogP contribution in [0.1, 0.15) is 13.3 Å². The van der Waals surface area contributed by atoms with Crippen LogP contribution in [0.15, 0.2) is 18.2 Å². The fourth-order valence-corrected chi connectivity index (χ4v) is 3.29. The Balaban J connectivity index is 2.18. The standard InChI is InChI=1S/C12H17N3O2S/c1-2-10-8-14(5-6-18-10)9-3-4-12(15(16)17)11(13)7-9/h3-4,7,10H,2,5-6,8,13H2,1H3. The molecule has 1 unspecified atom stereocenters. The Kier molecular flexibility index (Phi) is 3.96. The van der Waals surface area contributed by atoms with Crippen LogP contribution in [-0.2, 0) is 0 Å². The topological polar surface area (TPSA) is 72.4 Å². The fourth-order valence-electron chi connectivity index (χ4n) is 2.11. The highest BCUT2D eigenvalue weighted by atomic mass is 32.2. The molecular weight excluding hydrogens is 250 g/mol. The van der Waals surface area contributed by atoms with Gasteiger partial charge in [-0.15, -0.1) is 0 Å². The first-order valence-electron chi connectivity index (χ1n) is 6.02. The molecule has 1 aliphatic rings. The second-order valence-corrected chi connectivity index (χ2v) is 5.76. The average Bonchev–Trinajstić information content (AvgIpc) is 2.38. The van der Waals surface area contributed by atoms with Crippen LogP contribution in [0.2, 0.25) is 0 Å². The lowest BCUT2D eigenvalue weighted by Crippen LogP contribution is -2.37. The summed E-state index contributed by atoms with van der Waals surface area (Å²) in [5, 5.41) is 11.4. The molecule has 0 saturated carbocycles. The van der Waals surface area contributed by atoms with Crippen LogP contribution in [0, 0.1) is 10.1 Å². The van der Waals surface area contributed by atoms with Gasteiger partial charge in [-0.2, -0.15) is 11.8 Å². The fraction of sp³-hybridized carbons (Fsp3) is 0.500. The Morgan fingerprint density at radius 3 is 3.00 bits per heavy atom. The average molecular weight is 267 g/mol. The van der Waals surface area contributed by atoms with Crippen LogP contribution < -0.4 is 10.6 Å². The zero-order chi connectivity index (χ0) is 13.1. The van der Waals surface area contributed by atoms with Crippen molar-refractivity contribution in [1.29, 1.82) is 0 Å². The number of hydrogen-bond acceptors (Lipinski definition) is 5. The SMILES string of the molecule is CCC1CN(c2ccc([N+](=O)[O-])c(N)c2)CCS1. The molecule has 0 spiro atoms. The number of nitrogens with two attached hydrogens (primary N) is 1. The molecule has 2 N–H and O–H groups in total. The molecule has 1 aromatic carbocycles. The molecule has 6 heteroatoms. The molecule has 1 aliphatic heterocycles. The Morgan fingerprint density at radius 2 is 2.39 bits per heavy atom. The van der Waals surface area contributed by atoms with E-state index in [0.717, 1.165) is 31.0 Å². The molecular formula is C12H17N3O2S. The first-order valence-corrected chi connectivity index (χ1v) is 7.07. The molecule has 98 valence electrons. The Labute approximate surface area is 110 Å². The number of rotatable bonds is 3. The number of nitrogens with zero attached hydrogens (tertiary/aromatic N) is 2. The second kappa shape index (κ2) is 5.48. The van der Waals surface area contributed by atoms with Crippen molar-refractivity contribution in [2.24, 2.45) is 0 Å². The van der Waals surface area contributed by atoms with Gasteiger partial charge in [-0.25, -0.2) is 0 Å². The van der Waals surface area contributed by atoms with Crippen LogP contribution in [0.5, 0.6) is 0 Å². The van der Waals surface area contributed by atoms with Crippen LogP contribution in [0.4, 0.5) is 17.1 Å². The molecule has 0 amide bonds. The summed E-state index contributed by atoms with van der Waals surface area (Å²) in [5.41, 5.74) is 6.93. The van der Waals surface area contributed by atoms with Crippen molar-refractivity contribution < 1.29 is 4.92 Å². The molecule has 18 heavy (non-hydrogen) atoms. The number of nitro groups is 1. The van der Waals surface area contributed by atoms with E-state index < -0.39 is 4.92 Å². The molecule has 2 rings (SSSR count). The highest BCUT2D eigenvalue weighted by Crippen LogP contribution is 2.30. The van der Waals surface area contributed by atoms with Gasteiger partial charge in [0.1, 0.15) is 5.69 Å². The van der Waals surface area contributed by atoms with E-state index in [1.807, 2.05) is 11.8 Å². The lowest BCUT2D eigenvalue weighted by molar-refractivity contribution is -0.383. The van der Waals surface area contributed by atoms with E-state index in [2.05, 4.69) is 11.8 Å². The Morgan fingerprint density at radius 1 is 1.61 bits per heavy atom. The molecule has 1 heterocycles. The van der Waals surface area contributed by atoms with Gasteiger partial charge in [-0.1, -0.05) is 6.92 Å². The maximum Gasteiger partial charge on any atom is 0.292 e. The minimum Gasteiger partial charge on any atom is -0.393 e. The van der Waals surface area contributed by atoms with E-state index in [4.69, 9.17) is 5.73 Å². The maximum atomic E-state index is 10.7. The van der Waals surface area contributed by atoms with E-state index in [-0.39, 0.29) is 11.4 Å². The number of benzene rings is 1. The first kappa shape index (κ1) is 13.0. The van der Waals surface area contributed by atoms with Crippen LogP contribution >= 0.6 is 11.8 Å². The largest absolute Gasteiger partial charge is 0.393 e. The second-order valence-electron chi connectivity index (χ2n) is 4.35. The van der Waals surface area contributed by atoms with Crippen molar-refractivity contribution in [3.05, 3.63) is 28.3 Å². The van der Waals surface area contributed by atoms with Gasteiger partial charge >= 0.3 is 0 Å². The molecule has 0 radical (unpaired) electrons. The van der Waals surface area contributed by atoms with Gasteiger partial charge in [-0.05, 0) is 18.6 Å². The summed E-state index contributed by atoms with van der Waals surface area (Å²) < 4.78 is 0. The molecule has 1 saturated heterocycles. The third-order valence-electron chi connectivity index (χ3n) is 3.17. The van der Waals surface area contributed by atoms with Gasteiger partial charge in [0.2, 0.25) is 0 Å². The number of thioether (sulfide) groups is 1. The van der Waals surface area contributed by atoms with Gasteiger partial charge in [0.05, 0.1) is 4.92 Å². The normalized spacial score (nSPS) is 19.8. The molecule has 1 fully saturated rings. The monoisotopic (exact) mass is 267 g/mol. The molecule has 0 bridgehead atoms. The summed E-state index contributed by atoms with van der Waals surface area (Å²) in [6.45, 7) is 4.14. The highest BCUT2D eigenvalue weighted by Gasteiger charge is 2.20. The molecule has 0 aliphatic carbocycles. The number of hydrogen-bond donors (Lipinski definition) is 1. The van der Waals surface area contributed by atoms with Crippen LogP contribution in [-0.4, -0.2) is 29.0 Å². The molecule has 1 atom stereocenters. The van der Waals surface area contributed by atoms with Gasteiger partial charge < -0.3 is 10.6 Å². The van der Waals surface area contributed by atoms with Gasteiger partial charge in [0.25, 0.3) is 5.69 Å². The highest BCUT2D eigenvalue weighted by molar-refractivity contribution is 8.00. The van der Waals surface area contributed by atoms with E-state index in [0.29, 0.717) is 5.25 Å². The Bertz CT molecular complexity index is 453. The molecule has 1 aromatic rings. The molecule has 0 aromatic heterocycles. The summed E-state index contributed by atoms with van der Waals surface area (Å²) in [5.74, 6) is 1.09. The smallest absolute Gasteiger partial charge is 0.292 e. The van der Waals surface area contributed by atoms with Gasteiger partial charge in [0, 0.05) is 35.8 Å². The van der Waals surface area contributed by atoms with E-state index in [9.17, 15) is 10.1 Å². The summed E-state index contributed by atoms with van der Waals surface area (Å²) in [7, 11) is 0. The lowest BCUT2D eigenvalue weighted by Gasteiger charge is -2.33. The quantitative estimate of drug-likeness (QED) is 0.517. The number of nitrogen functional groups attached to an aromatic ring is 1.